The van der Waals surface area contributed by atoms with Crippen LogP contribution in [0.1, 0.15) is 24.8 Å². The minimum atomic E-state index is -5.08. The van der Waals surface area contributed by atoms with E-state index in [9.17, 15) is 22.0 Å². The predicted molar refractivity (Wildman–Crippen MR) is 94.8 cm³/mol. The minimum absolute atomic E-state index is 0.0282. The van der Waals surface area contributed by atoms with Gasteiger partial charge < -0.3 is 10.4 Å². The molecule has 1 atom stereocenters. The molecule has 0 saturated carbocycles. The molecule has 3 rings (SSSR count). The summed E-state index contributed by atoms with van der Waals surface area (Å²) in [5.74, 6) is -5.31. The molecule has 2 N–H and O–H groups in total. The fourth-order valence-corrected chi connectivity index (χ4v) is 3.70. The van der Waals surface area contributed by atoms with E-state index in [2.05, 4.69) is 10.2 Å². The van der Waals surface area contributed by atoms with Crippen molar-refractivity contribution in [2.75, 3.05) is 19.6 Å². The van der Waals surface area contributed by atoms with E-state index in [0.717, 1.165) is 31.5 Å². The quantitative estimate of drug-likeness (QED) is 0.715. The van der Waals surface area contributed by atoms with Crippen LogP contribution in [0, 0.1) is 0 Å². The lowest BCUT2D eigenvalue weighted by molar-refractivity contribution is -0.192. The molecule has 2 heterocycles. The maximum Gasteiger partial charge on any atom is 0.490 e. The third-order valence-corrected chi connectivity index (χ3v) is 5.07. The Morgan fingerprint density at radius 1 is 1.21 bits per heavy atom. The van der Waals surface area contributed by atoms with E-state index in [1.54, 1.807) is 0 Å². The standard InChI is InChI=1S/C16H21ClF2N2.C2HF3O2/c17-13-3-1-12(2-4-13)9-15-10-16(18,19)11-21(15)14-5-7-20-8-6-14;3-2(4,5)1(6)7/h1-4,14-15,20H,5-11H2;(H,6,7). The summed E-state index contributed by atoms with van der Waals surface area (Å²) in [6.45, 7) is 1.77. The maximum absolute atomic E-state index is 13.9. The lowest BCUT2D eigenvalue weighted by Crippen LogP contribution is -2.46. The van der Waals surface area contributed by atoms with Gasteiger partial charge in [-0.15, -0.1) is 0 Å². The van der Waals surface area contributed by atoms with Gasteiger partial charge >= 0.3 is 12.1 Å². The SMILES string of the molecule is FC1(F)CC(Cc2ccc(Cl)cc2)N(C2CCNCC2)C1.O=C(O)C(F)(F)F. The minimum Gasteiger partial charge on any atom is -0.475 e. The van der Waals surface area contributed by atoms with E-state index in [1.807, 2.05) is 24.3 Å². The largest absolute Gasteiger partial charge is 0.490 e. The van der Waals surface area contributed by atoms with Crippen LogP contribution in [-0.4, -0.2) is 59.8 Å². The molecule has 28 heavy (non-hydrogen) atoms. The molecule has 0 aromatic heterocycles. The highest BCUT2D eigenvalue weighted by Gasteiger charge is 2.47. The van der Waals surface area contributed by atoms with Crippen molar-refractivity contribution in [3.05, 3.63) is 34.9 Å². The summed E-state index contributed by atoms with van der Waals surface area (Å²) < 4.78 is 59.5. The zero-order valence-corrected chi connectivity index (χ0v) is 15.7. The first-order valence-electron chi connectivity index (χ1n) is 8.87. The fourth-order valence-electron chi connectivity index (χ4n) is 3.57. The van der Waals surface area contributed by atoms with Crippen LogP contribution in [0.5, 0.6) is 0 Å². The zero-order chi connectivity index (χ0) is 20.9. The molecule has 1 unspecified atom stereocenters. The van der Waals surface area contributed by atoms with E-state index in [0.29, 0.717) is 11.4 Å². The Morgan fingerprint density at radius 3 is 2.25 bits per heavy atom. The molecular weight excluding hydrogens is 407 g/mol. The highest BCUT2D eigenvalue weighted by atomic mass is 35.5. The summed E-state index contributed by atoms with van der Waals surface area (Å²) >= 11 is 5.89. The second-order valence-electron chi connectivity index (χ2n) is 7.00. The smallest absolute Gasteiger partial charge is 0.475 e. The van der Waals surface area contributed by atoms with Crippen LogP contribution in [0.4, 0.5) is 22.0 Å². The molecule has 1 aromatic carbocycles. The lowest BCUT2D eigenvalue weighted by atomic mass is 9.99. The number of benzene rings is 1. The van der Waals surface area contributed by atoms with Crippen molar-refractivity contribution in [2.45, 2.75) is 49.9 Å². The molecule has 0 spiro atoms. The molecule has 2 saturated heterocycles. The van der Waals surface area contributed by atoms with Gasteiger partial charge in [0.15, 0.2) is 0 Å². The Balaban J connectivity index is 0.000000345. The number of carboxylic acid groups (broad SMARTS) is 1. The third-order valence-electron chi connectivity index (χ3n) is 4.82. The highest BCUT2D eigenvalue weighted by Crippen LogP contribution is 2.36. The molecule has 0 bridgehead atoms. The van der Waals surface area contributed by atoms with E-state index in [1.165, 1.54) is 0 Å². The van der Waals surface area contributed by atoms with Crippen LogP contribution >= 0.6 is 11.6 Å². The summed E-state index contributed by atoms with van der Waals surface area (Å²) in [6, 6.07) is 7.78. The van der Waals surface area contributed by atoms with Crippen molar-refractivity contribution in [3.8, 4) is 0 Å². The van der Waals surface area contributed by atoms with Crippen LogP contribution in [0.2, 0.25) is 5.02 Å². The van der Waals surface area contributed by atoms with Crippen LogP contribution in [0.25, 0.3) is 0 Å². The number of hydrogen-bond acceptors (Lipinski definition) is 3. The van der Waals surface area contributed by atoms with Gasteiger partial charge in [0.2, 0.25) is 0 Å². The summed E-state index contributed by atoms with van der Waals surface area (Å²) in [4.78, 5) is 10.9. The van der Waals surface area contributed by atoms with Crippen LogP contribution in [0.15, 0.2) is 24.3 Å². The summed E-state index contributed by atoms with van der Waals surface area (Å²) in [5.41, 5.74) is 1.08. The number of halogens is 6. The molecular formula is C18H22ClF5N2O2. The molecule has 2 fully saturated rings. The lowest BCUT2D eigenvalue weighted by Gasteiger charge is -2.35. The van der Waals surface area contributed by atoms with Gasteiger partial charge in [0.25, 0.3) is 5.92 Å². The van der Waals surface area contributed by atoms with E-state index in [4.69, 9.17) is 21.5 Å². The Kier molecular flexibility index (Phi) is 7.64. The monoisotopic (exact) mass is 428 g/mol. The maximum atomic E-state index is 13.9. The number of nitrogens with one attached hydrogen (secondary N) is 1. The van der Waals surface area contributed by atoms with E-state index in [-0.39, 0.29) is 25.0 Å². The molecule has 10 heteroatoms. The van der Waals surface area contributed by atoms with E-state index < -0.39 is 18.1 Å². The molecule has 2 aliphatic heterocycles. The number of likely N-dealkylation sites (tertiary alicyclic amines) is 1. The van der Waals surface area contributed by atoms with Gasteiger partial charge in [-0.25, -0.2) is 13.6 Å². The summed E-state index contributed by atoms with van der Waals surface area (Å²) in [5, 5.41) is 11.1. The molecule has 2 aliphatic rings. The van der Waals surface area contributed by atoms with Crippen molar-refractivity contribution >= 4 is 17.6 Å². The molecule has 0 amide bonds. The first-order valence-corrected chi connectivity index (χ1v) is 9.24. The Morgan fingerprint density at radius 2 is 1.75 bits per heavy atom. The van der Waals surface area contributed by atoms with Gasteiger partial charge in [-0.05, 0) is 50.0 Å². The number of hydrogen-bond donors (Lipinski definition) is 2. The Bertz CT molecular complexity index is 648. The van der Waals surface area contributed by atoms with Crippen LogP contribution in [0.3, 0.4) is 0 Å². The molecule has 0 radical (unpaired) electrons. The molecule has 0 aliphatic carbocycles. The number of carboxylic acids is 1. The third kappa shape index (κ3) is 6.86. The van der Waals surface area contributed by atoms with Crippen molar-refractivity contribution in [3.63, 3.8) is 0 Å². The molecule has 4 nitrogen and oxygen atoms in total. The second-order valence-corrected chi connectivity index (χ2v) is 7.44. The first kappa shape index (κ1) is 22.8. The number of nitrogens with zero attached hydrogens (tertiary/aromatic N) is 1. The van der Waals surface area contributed by atoms with Crippen molar-refractivity contribution in [2.24, 2.45) is 0 Å². The number of aliphatic carboxylic acids is 1. The topological polar surface area (TPSA) is 52.6 Å². The first-order chi connectivity index (χ1) is 13.0. The van der Waals surface area contributed by atoms with Crippen molar-refractivity contribution < 1.29 is 31.9 Å². The van der Waals surface area contributed by atoms with Crippen molar-refractivity contribution in [1.82, 2.24) is 10.2 Å². The Hall–Kier alpha value is -1.45. The molecule has 158 valence electrons. The van der Waals surface area contributed by atoms with Gasteiger partial charge in [-0.3, -0.25) is 4.90 Å². The average Bonchev–Trinajstić information content (AvgIpc) is 2.92. The highest BCUT2D eigenvalue weighted by molar-refractivity contribution is 6.30. The summed E-state index contributed by atoms with van der Waals surface area (Å²) in [7, 11) is 0. The summed E-state index contributed by atoms with van der Waals surface area (Å²) in [6.07, 6.45) is -2.50. The number of rotatable bonds is 3. The fraction of sp³-hybridized carbons (Fsp3) is 0.611. The molecule has 1 aromatic rings. The van der Waals surface area contributed by atoms with Gasteiger partial charge in [-0.1, -0.05) is 23.7 Å². The number of piperidine rings is 1. The number of alkyl halides is 5. The van der Waals surface area contributed by atoms with E-state index >= 15 is 0 Å². The van der Waals surface area contributed by atoms with Gasteiger partial charge in [0.1, 0.15) is 0 Å². The normalized spacial score (nSPS) is 23.1. The number of carbonyl (C=O) groups is 1. The Labute approximate surface area is 164 Å². The van der Waals surface area contributed by atoms with Gasteiger partial charge in [0.05, 0.1) is 6.54 Å². The average molecular weight is 429 g/mol. The zero-order valence-electron chi connectivity index (χ0n) is 15.0. The second kappa shape index (κ2) is 9.37. The van der Waals surface area contributed by atoms with Gasteiger partial charge in [-0.2, -0.15) is 13.2 Å². The van der Waals surface area contributed by atoms with Crippen LogP contribution in [-0.2, 0) is 11.2 Å². The van der Waals surface area contributed by atoms with Crippen molar-refractivity contribution in [1.29, 1.82) is 0 Å². The van der Waals surface area contributed by atoms with Crippen LogP contribution < -0.4 is 5.32 Å². The predicted octanol–water partition coefficient (Wildman–Crippen LogP) is 3.98. The van der Waals surface area contributed by atoms with Gasteiger partial charge in [0, 0.05) is 23.5 Å².